The van der Waals surface area contributed by atoms with E-state index in [-0.39, 0.29) is 5.82 Å². The number of rotatable bonds is 3. The lowest BCUT2D eigenvalue weighted by Gasteiger charge is -2.29. The zero-order valence-electron chi connectivity index (χ0n) is 12.1. The number of esters is 1. The molecule has 0 amide bonds. The van der Waals surface area contributed by atoms with Gasteiger partial charge in [-0.25, -0.2) is 9.18 Å². The molecule has 0 bridgehead atoms. The van der Waals surface area contributed by atoms with Crippen LogP contribution < -0.4 is 15.0 Å². The zero-order chi connectivity index (χ0) is 15.4. The van der Waals surface area contributed by atoms with E-state index in [9.17, 15) is 9.18 Å². The summed E-state index contributed by atoms with van der Waals surface area (Å²) in [5.74, 6) is -0.389. The summed E-state index contributed by atoms with van der Waals surface area (Å²) in [5, 5.41) is 3.31. The number of nitrogens with one attached hydrogen (secondary N) is 1. The van der Waals surface area contributed by atoms with Gasteiger partial charge in [0.2, 0.25) is 0 Å². The molecule has 1 fully saturated rings. The molecule has 1 aliphatic heterocycles. The summed E-state index contributed by atoms with van der Waals surface area (Å²) < 4.78 is 18.1. The second-order valence-corrected chi connectivity index (χ2v) is 5.13. The molecule has 1 aliphatic rings. The van der Waals surface area contributed by atoms with Crippen LogP contribution in [0, 0.1) is 5.82 Å². The Morgan fingerprint density at radius 1 is 1.00 bits per heavy atom. The molecule has 0 saturated carbocycles. The van der Waals surface area contributed by atoms with E-state index in [1.54, 1.807) is 12.1 Å². The topological polar surface area (TPSA) is 41.6 Å². The number of ether oxygens (including phenoxy) is 1. The van der Waals surface area contributed by atoms with Crippen molar-refractivity contribution in [2.75, 3.05) is 31.1 Å². The molecular formula is C17H17FN2O2. The van der Waals surface area contributed by atoms with Gasteiger partial charge in [0.25, 0.3) is 0 Å². The van der Waals surface area contributed by atoms with Crippen LogP contribution in [-0.4, -0.2) is 32.1 Å². The molecule has 0 spiro atoms. The summed E-state index contributed by atoms with van der Waals surface area (Å²) in [6, 6.07) is 12.7. The van der Waals surface area contributed by atoms with Crippen LogP contribution in [0.3, 0.4) is 0 Å². The van der Waals surface area contributed by atoms with Crippen molar-refractivity contribution < 1.29 is 13.9 Å². The third-order valence-electron chi connectivity index (χ3n) is 3.61. The van der Waals surface area contributed by atoms with Crippen LogP contribution in [0.2, 0.25) is 0 Å². The van der Waals surface area contributed by atoms with Crippen molar-refractivity contribution >= 4 is 11.7 Å². The molecule has 3 rings (SSSR count). The van der Waals surface area contributed by atoms with E-state index in [2.05, 4.69) is 10.2 Å². The van der Waals surface area contributed by atoms with Crippen molar-refractivity contribution in [3.8, 4) is 5.75 Å². The summed E-state index contributed by atoms with van der Waals surface area (Å²) in [4.78, 5) is 14.2. The molecule has 2 aromatic carbocycles. The molecule has 1 N–H and O–H groups in total. The molecule has 4 nitrogen and oxygen atoms in total. The molecule has 114 valence electrons. The van der Waals surface area contributed by atoms with Crippen molar-refractivity contribution in [1.82, 2.24) is 5.32 Å². The first-order valence-electron chi connectivity index (χ1n) is 7.26. The Kier molecular flexibility index (Phi) is 4.34. The fourth-order valence-electron chi connectivity index (χ4n) is 2.40. The van der Waals surface area contributed by atoms with E-state index in [1.807, 2.05) is 12.1 Å². The summed E-state index contributed by atoms with van der Waals surface area (Å²) in [5.41, 5.74) is 1.44. The van der Waals surface area contributed by atoms with Gasteiger partial charge in [-0.2, -0.15) is 0 Å². The smallest absolute Gasteiger partial charge is 0.343 e. The van der Waals surface area contributed by atoms with Crippen LogP contribution in [0.5, 0.6) is 5.75 Å². The highest BCUT2D eigenvalue weighted by molar-refractivity contribution is 5.91. The van der Waals surface area contributed by atoms with Crippen molar-refractivity contribution in [2.24, 2.45) is 0 Å². The first-order valence-corrected chi connectivity index (χ1v) is 7.26. The molecule has 0 aromatic heterocycles. The van der Waals surface area contributed by atoms with Crippen LogP contribution in [0.4, 0.5) is 10.1 Å². The van der Waals surface area contributed by atoms with Crippen LogP contribution in [0.25, 0.3) is 0 Å². The van der Waals surface area contributed by atoms with Crippen LogP contribution >= 0.6 is 0 Å². The predicted octanol–water partition coefficient (Wildman–Crippen LogP) is 2.45. The summed E-state index contributed by atoms with van der Waals surface area (Å²) in [6.07, 6.45) is 0. The Balaban J connectivity index is 1.65. The largest absolute Gasteiger partial charge is 0.423 e. The van der Waals surface area contributed by atoms with Gasteiger partial charge in [0.05, 0.1) is 5.56 Å². The number of halogens is 1. The van der Waals surface area contributed by atoms with E-state index in [1.165, 1.54) is 24.3 Å². The van der Waals surface area contributed by atoms with Crippen molar-refractivity contribution in [1.29, 1.82) is 0 Å². The fourth-order valence-corrected chi connectivity index (χ4v) is 2.40. The van der Waals surface area contributed by atoms with Gasteiger partial charge in [0.1, 0.15) is 11.6 Å². The Labute approximate surface area is 128 Å². The molecule has 22 heavy (non-hydrogen) atoms. The standard InChI is InChI=1S/C17H17FN2O2/c18-14-3-1-13(2-4-14)17(21)22-16-7-5-15(6-8-16)20-11-9-19-10-12-20/h1-8,19H,9-12H2. The van der Waals surface area contributed by atoms with E-state index in [0.29, 0.717) is 11.3 Å². The number of hydrogen-bond donors (Lipinski definition) is 1. The first kappa shape index (κ1) is 14.5. The highest BCUT2D eigenvalue weighted by atomic mass is 19.1. The third-order valence-corrected chi connectivity index (χ3v) is 3.61. The van der Waals surface area contributed by atoms with Gasteiger partial charge in [-0.15, -0.1) is 0 Å². The molecule has 0 radical (unpaired) electrons. The van der Waals surface area contributed by atoms with Gasteiger partial charge in [0, 0.05) is 31.9 Å². The Hall–Kier alpha value is -2.40. The highest BCUT2D eigenvalue weighted by Gasteiger charge is 2.12. The number of carbonyl (C=O) groups is 1. The lowest BCUT2D eigenvalue weighted by molar-refractivity contribution is 0.0734. The number of piperazine rings is 1. The van der Waals surface area contributed by atoms with Gasteiger partial charge in [-0.3, -0.25) is 0 Å². The average molecular weight is 300 g/mol. The Bertz CT molecular complexity index is 635. The Morgan fingerprint density at radius 2 is 1.64 bits per heavy atom. The van der Waals surface area contributed by atoms with Crippen LogP contribution in [-0.2, 0) is 0 Å². The second-order valence-electron chi connectivity index (χ2n) is 5.13. The van der Waals surface area contributed by atoms with Gasteiger partial charge in [0.15, 0.2) is 0 Å². The van der Waals surface area contributed by atoms with E-state index < -0.39 is 5.97 Å². The molecule has 0 unspecified atom stereocenters. The lowest BCUT2D eigenvalue weighted by atomic mass is 10.2. The van der Waals surface area contributed by atoms with Gasteiger partial charge in [-0.05, 0) is 48.5 Å². The average Bonchev–Trinajstić information content (AvgIpc) is 2.57. The second kappa shape index (κ2) is 6.58. The molecular weight excluding hydrogens is 283 g/mol. The monoisotopic (exact) mass is 300 g/mol. The van der Waals surface area contributed by atoms with E-state index in [4.69, 9.17) is 4.74 Å². The highest BCUT2D eigenvalue weighted by Crippen LogP contribution is 2.20. The zero-order valence-corrected chi connectivity index (χ0v) is 12.1. The number of benzene rings is 2. The third kappa shape index (κ3) is 3.43. The molecule has 1 saturated heterocycles. The van der Waals surface area contributed by atoms with E-state index >= 15 is 0 Å². The van der Waals surface area contributed by atoms with Crippen LogP contribution in [0.1, 0.15) is 10.4 Å². The van der Waals surface area contributed by atoms with Crippen molar-refractivity contribution in [3.63, 3.8) is 0 Å². The first-order chi connectivity index (χ1) is 10.7. The quantitative estimate of drug-likeness (QED) is 0.698. The van der Waals surface area contributed by atoms with Crippen molar-refractivity contribution in [2.45, 2.75) is 0 Å². The number of carbonyl (C=O) groups excluding carboxylic acids is 1. The van der Waals surface area contributed by atoms with Gasteiger partial charge in [-0.1, -0.05) is 0 Å². The minimum atomic E-state index is -0.491. The maximum absolute atomic E-state index is 12.8. The molecule has 1 heterocycles. The molecule has 0 atom stereocenters. The van der Waals surface area contributed by atoms with Crippen molar-refractivity contribution in [3.05, 3.63) is 59.9 Å². The minimum absolute atomic E-state index is 0.326. The van der Waals surface area contributed by atoms with Gasteiger partial charge >= 0.3 is 5.97 Å². The summed E-state index contributed by atoms with van der Waals surface area (Å²) in [6.45, 7) is 3.88. The van der Waals surface area contributed by atoms with E-state index in [0.717, 1.165) is 31.9 Å². The molecule has 2 aromatic rings. The number of anilines is 1. The maximum atomic E-state index is 12.8. The summed E-state index contributed by atoms with van der Waals surface area (Å²) >= 11 is 0. The molecule has 5 heteroatoms. The van der Waals surface area contributed by atoms with Gasteiger partial charge < -0.3 is 15.0 Å². The minimum Gasteiger partial charge on any atom is -0.423 e. The summed E-state index contributed by atoms with van der Waals surface area (Å²) in [7, 11) is 0. The SMILES string of the molecule is O=C(Oc1ccc(N2CCNCC2)cc1)c1ccc(F)cc1. The Morgan fingerprint density at radius 3 is 2.27 bits per heavy atom. The van der Waals surface area contributed by atoms with Crippen LogP contribution in [0.15, 0.2) is 48.5 Å². The molecule has 0 aliphatic carbocycles. The predicted molar refractivity (Wildman–Crippen MR) is 82.9 cm³/mol. The number of hydrogen-bond acceptors (Lipinski definition) is 4. The fraction of sp³-hybridized carbons (Fsp3) is 0.235. The maximum Gasteiger partial charge on any atom is 0.343 e. The normalized spacial score (nSPS) is 14.7. The lowest BCUT2D eigenvalue weighted by Crippen LogP contribution is -2.43. The number of nitrogens with zero attached hydrogens (tertiary/aromatic N) is 1.